The summed E-state index contributed by atoms with van der Waals surface area (Å²) in [6.07, 6.45) is 2.38. The summed E-state index contributed by atoms with van der Waals surface area (Å²) in [7, 11) is -3.44. The molecule has 0 aliphatic carbocycles. The van der Waals surface area contributed by atoms with Crippen LogP contribution in [0.3, 0.4) is 0 Å². The van der Waals surface area contributed by atoms with Crippen LogP contribution in [0.25, 0.3) is 0 Å². The molecule has 1 rings (SSSR count). The highest BCUT2D eigenvalue weighted by Gasteiger charge is 2.28. The van der Waals surface area contributed by atoms with Crippen LogP contribution in [0.1, 0.15) is 25.1 Å². The monoisotopic (exact) mass is 319 g/mol. The molecule has 1 heterocycles. The minimum Gasteiger partial charge on any atom is -0.464 e. The Labute approximate surface area is 124 Å². The molecule has 0 fully saturated rings. The van der Waals surface area contributed by atoms with Crippen LogP contribution in [0, 0.1) is 5.92 Å². The third-order valence-electron chi connectivity index (χ3n) is 2.98. The zero-order valence-electron chi connectivity index (χ0n) is 12.0. The first-order chi connectivity index (χ1) is 9.33. The van der Waals surface area contributed by atoms with Crippen LogP contribution < -0.4 is 4.72 Å². The van der Waals surface area contributed by atoms with Gasteiger partial charge in [0.05, 0.1) is 12.9 Å². The minimum absolute atomic E-state index is 0.112. The van der Waals surface area contributed by atoms with E-state index in [9.17, 15) is 13.2 Å². The minimum atomic E-state index is -3.44. The van der Waals surface area contributed by atoms with Crippen LogP contribution in [-0.2, 0) is 26.0 Å². The number of sulfonamides is 1. The van der Waals surface area contributed by atoms with Gasteiger partial charge in [-0.05, 0) is 17.4 Å². The van der Waals surface area contributed by atoms with Crippen molar-refractivity contribution in [2.24, 2.45) is 5.92 Å². The Morgan fingerprint density at radius 2 is 2.20 bits per heavy atom. The fraction of sp³-hybridized carbons (Fsp3) is 0.615. The Balaban J connectivity index is 2.54. The zero-order valence-corrected chi connectivity index (χ0v) is 13.6. The average molecular weight is 319 g/mol. The van der Waals surface area contributed by atoms with Crippen LogP contribution in [0.4, 0.5) is 0 Å². The summed E-state index contributed by atoms with van der Waals surface area (Å²) in [6.45, 7) is 3.99. The summed E-state index contributed by atoms with van der Waals surface area (Å²) in [6, 6.07) is 3.09. The molecule has 0 aromatic carbocycles. The van der Waals surface area contributed by atoms with Crippen molar-refractivity contribution >= 4 is 27.3 Å². The SMILES string of the molecule is CC[C@@H](C)[C@H](NS(C)(=O)=O)C(=O)OCCc1cccs1. The van der Waals surface area contributed by atoms with E-state index < -0.39 is 22.0 Å². The Kier molecular flexibility index (Phi) is 6.64. The zero-order chi connectivity index (χ0) is 15.2. The van der Waals surface area contributed by atoms with Crippen molar-refractivity contribution in [3.63, 3.8) is 0 Å². The molecule has 0 amide bonds. The predicted octanol–water partition coefficient (Wildman–Crippen LogP) is 1.80. The van der Waals surface area contributed by atoms with E-state index in [2.05, 4.69) is 4.72 Å². The highest BCUT2D eigenvalue weighted by atomic mass is 32.2. The van der Waals surface area contributed by atoms with Gasteiger partial charge in [-0.1, -0.05) is 26.3 Å². The normalized spacial score (nSPS) is 14.8. The van der Waals surface area contributed by atoms with Gasteiger partial charge in [-0.2, -0.15) is 0 Å². The summed E-state index contributed by atoms with van der Waals surface area (Å²) in [5.41, 5.74) is 0. The van der Waals surface area contributed by atoms with E-state index in [0.29, 0.717) is 12.8 Å². The highest BCUT2D eigenvalue weighted by Crippen LogP contribution is 2.12. The lowest BCUT2D eigenvalue weighted by atomic mass is 10.0. The molecule has 114 valence electrons. The van der Waals surface area contributed by atoms with Crippen molar-refractivity contribution in [2.45, 2.75) is 32.7 Å². The van der Waals surface area contributed by atoms with Gasteiger partial charge in [-0.3, -0.25) is 4.79 Å². The van der Waals surface area contributed by atoms with Gasteiger partial charge in [0.2, 0.25) is 10.0 Å². The first-order valence-electron chi connectivity index (χ1n) is 6.49. The van der Waals surface area contributed by atoms with Crippen LogP contribution in [0.15, 0.2) is 17.5 Å². The number of hydrogen-bond donors (Lipinski definition) is 1. The summed E-state index contributed by atoms with van der Waals surface area (Å²) >= 11 is 1.60. The Hall–Kier alpha value is -0.920. The molecule has 0 unspecified atom stereocenters. The molecule has 0 radical (unpaired) electrons. The number of carbonyl (C=O) groups is 1. The molecular weight excluding hydrogens is 298 g/mol. The van der Waals surface area contributed by atoms with Crippen LogP contribution in [0.2, 0.25) is 0 Å². The molecule has 0 spiro atoms. The largest absolute Gasteiger partial charge is 0.464 e. The van der Waals surface area contributed by atoms with Gasteiger partial charge in [0.1, 0.15) is 6.04 Å². The van der Waals surface area contributed by atoms with Gasteiger partial charge in [0.25, 0.3) is 0 Å². The van der Waals surface area contributed by atoms with E-state index in [0.717, 1.165) is 11.1 Å². The summed E-state index contributed by atoms with van der Waals surface area (Å²) in [5.74, 6) is -0.625. The van der Waals surface area contributed by atoms with Gasteiger partial charge in [0, 0.05) is 11.3 Å². The number of ether oxygens (including phenoxy) is 1. The second kappa shape index (κ2) is 7.75. The topological polar surface area (TPSA) is 72.5 Å². The van der Waals surface area contributed by atoms with E-state index in [1.54, 1.807) is 11.3 Å². The maximum atomic E-state index is 12.0. The Morgan fingerprint density at radius 1 is 1.50 bits per heavy atom. The molecule has 0 saturated carbocycles. The second-order valence-corrected chi connectivity index (χ2v) is 7.56. The van der Waals surface area contributed by atoms with Crippen molar-refractivity contribution in [3.8, 4) is 0 Å². The lowest BCUT2D eigenvalue weighted by molar-refractivity contribution is -0.146. The molecule has 0 aliphatic rings. The number of thiophene rings is 1. The molecule has 1 aromatic heterocycles. The quantitative estimate of drug-likeness (QED) is 0.742. The Bertz CT molecular complexity index is 510. The van der Waals surface area contributed by atoms with Gasteiger partial charge in [-0.15, -0.1) is 11.3 Å². The first kappa shape index (κ1) is 17.1. The summed E-state index contributed by atoms with van der Waals surface area (Å²) < 4.78 is 30.2. The number of nitrogens with one attached hydrogen (secondary N) is 1. The lowest BCUT2D eigenvalue weighted by Crippen LogP contribution is -2.45. The smallest absolute Gasteiger partial charge is 0.324 e. The highest BCUT2D eigenvalue weighted by molar-refractivity contribution is 7.88. The maximum Gasteiger partial charge on any atom is 0.324 e. The number of carbonyl (C=O) groups excluding carboxylic acids is 1. The number of hydrogen-bond acceptors (Lipinski definition) is 5. The van der Waals surface area contributed by atoms with E-state index >= 15 is 0 Å². The molecule has 0 bridgehead atoms. The number of rotatable bonds is 8. The van der Waals surface area contributed by atoms with Gasteiger partial charge in [-0.25, -0.2) is 13.1 Å². The van der Waals surface area contributed by atoms with Crippen molar-refractivity contribution in [1.29, 1.82) is 0 Å². The van der Waals surface area contributed by atoms with Crippen LogP contribution in [0.5, 0.6) is 0 Å². The first-order valence-corrected chi connectivity index (χ1v) is 9.27. The molecule has 20 heavy (non-hydrogen) atoms. The summed E-state index contributed by atoms with van der Waals surface area (Å²) in [4.78, 5) is 13.1. The molecule has 2 atom stereocenters. The second-order valence-electron chi connectivity index (χ2n) is 4.75. The predicted molar refractivity (Wildman–Crippen MR) is 80.2 cm³/mol. The number of esters is 1. The van der Waals surface area contributed by atoms with E-state index in [4.69, 9.17) is 4.74 Å². The molecule has 0 saturated heterocycles. The van der Waals surface area contributed by atoms with Crippen LogP contribution in [-0.4, -0.2) is 33.3 Å². The van der Waals surface area contributed by atoms with E-state index in [1.165, 1.54) is 0 Å². The molecule has 5 nitrogen and oxygen atoms in total. The van der Waals surface area contributed by atoms with Gasteiger partial charge < -0.3 is 4.74 Å². The van der Waals surface area contributed by atoms with Crippen molar-refractivity contribution in [3.05, 3.63) is 22.4 Å². The maximum absolute atomic E-state index is 12.0. The molecular formula is C13H21NO4S2. The lowest BCUT2D eigenvalue weighted by Gasteiger charge is -2.21. The van der Waals surface area contributed by atoms with Gasteiger partial charge >= 0.3 is 5.97 Å². The average Bonchev–Trinajstić information content (AvgIpc) is 2.87. The molecule has 0 aliphatic heterocycles. The fourth-order valence-corrected chi connectivity index (χ4v) is 3.14. The molecule has 1 N–H and O–H groups in total. The van der Waals surface area contributed by atoms with Gasteiger partial charge in [0.15, 0.2) is 0 Å². The van der Waals surface area contributed by atoms with E-state index in [-0.39, 0.29) is 12.5 Å². The molecule has 1 aromatic rings. The molecule has 7 heteroatoms. The standard InChI is InChI=1S/C13H21NO4S2/c1-4-10(2)12(14-20(3,16)17)13(15)18-8-7-11-6-5-9-19-11/h5-6,9-10,12,14H,4,7-8H2,1-3H3/t10-,12+/m1/s1. The third-order valence-corrected chi connectivity index (χ3v) is 4.60. The summed E-state index contributed by atoms with van der Waals surface area (Å²) in [5, 5.41) is 1.96. The van der Waals surface area contributed by atoms with Crippen molar-refractivity contribution < 1.29 is 17.9 Å². The fourth-order valence-electron chi connectivity index (χ4n) is 1.66. The Morgan fingerprint density at radius 3 is 2.70 bits per heavy atom. The van der Waals surface area contributed by atoms with Crippen molar-refractivity contribution in [1.82, 2.24) is 4.72 Å². The third kappa shape index (κ3) is 6.02. The van der Waals surface area contributed by atoms with Crippen molar-refractivity contribution in [2.75, 3.05) is 12.9 Å². The van der Waals surface area contributed by atoms with Crippen LogP contribution >= 0.6 is 11.3 Å². The van der Waals surface area contributed by atoms with E-state index in [1.807, 2.05) is 31.4 Å².